The second kappa shape index (κ2) is 9.54. The fourth-order valence-corrected chi connectivity index (χ4v) is 5.13. The largest absolute Gasteiger partial charge is 0.497 e. The predicted octanol–water partition coefficient (Wildman–Crippen LogP) is 4.48. The number of hydrogen-bond donors (Lipinski definition) is 1. The molecule has 1 fully saturated rings. The second-order valence-electron chi connectivity index (χ2n) is 7.76. The fourth-order valence-electron chi connectivity index (χ4n) is 4.06. The molecular weight excluding hydrogens is 440 g/mol. The lowest BCUT2D eigenvalue weighted by atomic mass is 10.0. The maximum Gasteiger partial charge on any atom is 0.262 e. The van der Waals surface area contributed by atoms with E-state index in [1.807, 2.05) is 29.2 Å². The van der Waals surface area contributed by atoms with Gasteiger partial charge in [-0.15, -0.1) is 0 Å². The predicted molar refractivity (Wildman–Crippen MR) is 126 cm³/mol. The molecule has 7 nitrogen and oxygen atoms in total. The number of para-hydroxylation sites is 2. The van der Waals surface area contributed by atoms with E-state index in [4.69, 9.17) is 9.47 Å². The smallest absolute Gasteiger partial charge is 0.262 e. The van der Waals surface area contributed by atoms with Gasteiger partial charge in [0.05, 0.1) is 30.8 Å². The fraction of sp³-hybridized carbons (Fsp3) is 0.240. The number of anilines is 1. The Kier molecular flexibility index (Phi) is 6.55. The number of rotatable bonds is 7. The van der Waals surface area contributed by atoms with Crippen LogP contribution in [-0.2, 0) is 10.0 Å². The normalized spacial score (nSPS) is 15.8. The Hall–Kier alpha value is -3.52. The van der Waals surface area contributed by atoms with E-state index in [1.165, 1.54) is 19.2 Å². The molecule has 1 atom stereocenters. The lowest BCUT2D eigenvalue weighted by molar-refractivity contribution is 0.0735. The first-order valence-electron chi connectivity index (χ1n) is 10.6. The van der Waals surface area contributed by atoms with Crippen LogP contribution in [0.4, 0.5) is 5.69 Å². The molecule has 1 aliphatic rings. The molecule has 1 saturated heterocycles. The van der Waals surface area contributed by atoms with Gasteiger partial charge in [-0.2, -0.15) is 0 Å². The van der Waals surface area contributed by atoms with E-state index >= 15 is 0 Å². The van der Waals surface area contributed by atoms with Gasteiger partial charge in [-0.05, 0) is 66.9 Å². The number of carbonyl (C=O) groups excluding carboxylic acids is 1. The Balaban J connectivity index is 1.51. The van der Waals surface area contributed by atoms with Gasteiger partial charge in [0.15, 0.2) is 0 Å². The SMILES string of the molecule is COc1ccc(C2CCCN2C(=O)c2ccc(S(=O)(=O)Nc3ccccc3OC)cc2)cc1. The number of nitrogens with one attached hydrogen (secondary N) is 1. The Labute approximate surface area is 194 Å². The molecule has 0 saturated carbocycles. The number of amides is 1. The molecule has 1 aliphatic heterocycles. The van der Waals surface area contributed by atoms with E-state index in [9.17, 15) is 13.2 Å². The van der Waals surface area contributed by atoms with Crippen molar-refractivity contribution in [2.75, 3.05) is 25.5 Å². The maximum atomic E-state index is 13.2. The van der Waals surface area contributed by atoms with Gasteiger partial charge in [0, 0.05) is 12.1 Å². The summed E-state index contributed by atoms with van der Waals surface area (Å²) in [5.41, 5.74) is 1.85. The summed E-state index contributed by atoms with van der Waals surface area (Å²) in [5, 5.41) is 0. The summed E-state index contributed by atoms with van der Waals surface area (Å²) < 4.78 is 38.6. The number of methoxy groups -OCH3 is 2. The number of nitrogens with zero attached hydrogens (tertiary/aromatic N) is 1. The summed E-state index contributed by atoms with van der Waals surface area (Å²) in [7, 11) is -0.736. The molecular formula is C25H26N2O5S. The van der Waals surface area contributed by atoms with Crippen molar-refractivity contribution in [3.8, 4) is 11.5 Å². The van der Waals surface area contributed by atoms with E-state index in [1.54, 1.807) is 43.5 Å². The minimum atomic E-state index is -3.83. The number of ether oxygens (including phenoxy) is 2. The lowest BCUT2D eigenvalue weighted by Gasteiger charge is -2.25. The van der Waals surface area contributed by atoms with E-state index < -0.39 is 10.0 Å². The monoisotopic (exact) mass is 466 g/mol. The molecule has 0 spiro atoms. The number of hydrogen-bond acceptors (Lipinski definition) is 5. The molecule has 0 radical (unpaired) electrons. The highest BCUT2D eigenvalue weighted by molar-refractivity contribution is 7.92. The highest BCUT2D eigenvalue weighted by Crippen LogP contribution is 2.34. The zero-order valence-electron chi connectivity index (χ0n) is 18.5. The van der Waals surface area contributed by atoms with Crippen molar-refractivity contribution in [2.45, 2.75) is 23.8 Å². The van der Waals surface area contributed by atoms with Gasteiger partial charge >= 0.3 is 0 Å². The molecule has 33 heavy (non-hydrogen) atoms. The summed E-state index contributed by atoms with van der Waals surface area (Å²) in [6, 6.07) is 20.5. The standard InChI is InChI=1S/C25H26N2O5S/c1-31-20-13-9-18(10-14-20)23-7-5-17-27(23)25(28)19-11-15-21(16-12-19)33(29,30)26-22-6-3-4-8-24(22)32-2/h3-4,6,8-16,23,26H,5,7,17H2,1-2H3. The third-order valence-electron chi connectivity index (χ3n) is 5.78. The van der Waals surface area contributed by atoms with Crippen LogP contribution in [0.5, 0.6) is 11.5 Å². The molecule has 3 aromatic carbocycles. The summed E-state index contributed by atoms with van der Waals surface area (Å²) in [6.07, 6.45) is 1.80. The Morgan fingerprint density at radius 3 is 2.30 bits per heavy atom. The Bertz CT molecular complexity index is 1220. The number of sulfonamides is 1. The van der Waals surface area contributed by atoms with Crippen molar-refractivity contribution in [1.82, 2.24) is 4.90 Å². The minimum absolute atomic E-state index is 0.0148. The molecule has 3 aromatic rings. The van der Waals surface area contributed by atoms with E-state index in [0.717, 1.165) is 24.2 Å². The van der Waals surface area contributed by atoms with Crippen LogP contribution < -0.4 is 14.2 Å². The first-order chi connectivity index (χ1) is 15.9. The van der Waals surface area contributed by atoms with Gasteiger partial charge in [-0.3, -0.25) is 9.52 Å². The van der Waals surface area contributed by atoms with Crippen LogP contribution in [0.3, 0.4) is 0 Å². The van der Waals surface area contributed by atoms with Crippen molar-refractivity contribution in [1.29, 1.82) is 0 Å². The third-order valence-corrected chi connectivity index (χ3v) is 7.16. The molecule has 1 heterocycles. The lowest BCUT2D eigenvalue weighted by Crippen LogP contribution is -2.30. The zero-order valence-corrected chi connectivity index (χ0v) is 19.3. The summed E-state index contributed by atoms with van der Waals surface area (Å²) in [6.45, 7) is 0.658. The van der Waals surface area contributed by atoms with E-state index in [0.29, 0.717) is 23.5 Å². The van der Waals surface area contributed by atoms with Crippen LogP contribution in [0.15, 0.2) is 77.7 Å². The molecule has 0 aliphatic carbocycles. The van der Waals surface area contributed by atoms with Crippen LogP contribution in [0.1, 0.15) is 34.8 Å². The van der Waals surface area contributed by atoms with Crippen LogP contribution in [0.25, 0.3) is 0 Å². The molecule has 0 bridgehead atoms. The average Bonchev–Trinajstić information content (AvgIpc) is 3.34. The van der Waals surface area contributed by atoms with Crippen molar-refractivity contribution >= 4 is 21.6 Å². The van der Waals surface area contributed by atoms with Gasteiger partial charge in [0.25, 0.3) is 15.9 Å². The summed E-state index contributed by atoms with van der Waals surface area (Å²) in [5.74, 6) is 1.08. The first kappa shape index (κ1) is 22.7. The maximum absolute atomic E-state index is 13.2. The molecule has 1 N–H and O–H groups in total. The highest BCUT2D eigenvalue weighted by atomic mass is 32.2. The van der Waals surface area contributed by atoms with Gasteiger partial charge in [0.2, 0.25) is 0 Å². The van der Waals surface area contributed by atoms with Crippen LogP contribution >= 0.6 is 0 Å². The van der Waals surface area contributed by atoms with Crippen molar-refractivity contribution < 1.29 is 22.7 Å². The van der Waals surface area contributed by atoms with Gasteiger partial charge < -0.3 is 14.4 Å². The first-order valence-corrected chi connectivity index (χ1v) is 12.1. The molecule has 1 unspecified atom stereocenters. The molecule has 8 heteroatoms. The van der Waals surface area contributed by atoms with Crippen molar-refractivity contribution in [3.05, 3.63) is 83.9 Å². The second-order valence-corrected chi connectivity index (χ2v) is 9.44. The topological polar surface area (TPSA) is 84.9 Å². The van der Waals surface area contributed by atoms with E-state index in [2.05, 4.69) is 4.72 Å². The average molecular weight is 467 g/mol. The number of carbonyl (C=O) groups is 1. The number of benzene rings is 3. The summed E-state index contributed by atoms with van der Waals surface area (Å²) >= 11 is 0. The zero-order chi connectivity index (χ0) is 23.4. The van der Waals surface area contributed by atoms with Crippen LogP contribution in [0.2, 0.25) is 0 Å². The molecule has 1 amide bonds. The van der Waals surface area contributed by atoms with Crippen LogP contribution in [-0.4, -0.2) is 40.0 Å². The third kappa shape index (κ3) is 4.80. The van der Waals surface area contributed by atoms with Crippen molar-refractivity contribution in [3.63, 3.8) is 0 Å². The Morgan fingerprint density at radius 1 is 0.939 bits per heavy atom. The minimum Gasteiger partial charge on any atom is -0.497 e. The van der Waals surface area contributed by atoms with Gasteiger partial charge in [0.1, 0.15) is 11.5 Å². The van der Waals surface area contributed by atoms with E-state index in [-0.39, 0.29) is 16.8 Å². The Morgan fingerprint density at radius 2 is 1.64 bits per heavy atom. The number of likely N-dealkylation sites (tertiary alicyclic amines) is 1. The van der Waals surface area contributed by atoms with Gasteiger partial charge in [-0.1, -0.05) is 24.3 Å². The molecule has 0 aromatic heterocycles. The molecule has 4 rings (SSSR count). The highest BCUT2D eigenvalue weighted by Gasteiger charge is 2.30. The van der Waals surface area contributed by atoms with Gasteiger partial charge in [-0.25, -0.2) is 8.42 Å². The summed E-state index contributed by atoms with van der Waals surface area (Å²) in [4.78, 5) is 15.1. The van der Waals surface area contributed by atoms with Crippen LogP contribution in [0, 0.1) is 0 Å². The molecule has 172 valence electrons. The quantitative estimate of drug-likeness (QED) is 0.555. The van der Waals surface area contributed by atoms with Crippen molar-refractivity contribution in [2.24, 2.45) is 0 Å².